The first-order valence-electron chi connectivity index (χ1n) is 19.3. The van der Waals surface area contributed by atoms with Crippen LogP contribution in [0, 0.1) is 0 Å². The van der Waals surface area contributed by atoms with Crippen molar-refractivity contribution in [2.45, 2.75) is 65.1 Å². The Morgan fingerprint density at radius 3 is 0.952 bits per heavy atom. The minimum absolute atomic E-state index is 0. The van der Waals surface area contributed by atoms with Crippen LogP contribution in [0.1, 0.15) is 47.0 Å². The lowest BCUT2D eigenvalue weighted by Crippen LogP contribution is -3.00. The second-order valence-electron chi connectivity index (χ2n) is 15.1. The van der Waals surface area contributed by atoms with Gasteiger partial charge in [0, 0.05) is 84.3 Å². The Balaban J connectivity index is -0.000000249. The van der Waals surface area contributed by atoms with E-state index in [0.717, 1.165) is 60.1 Å². The van der Waals surface area contributed by atoms with Gasteiger partial charge in [0.1, 0.15) is 26.3 Å². The molecule has 0 heterocycles. The molecular formula is C39H76Cl4N2O14Si3. The highest BCUT2D eigenvalue weighted by Gasteiger charge is 2.38. The minimum Gasteiger partial charge on any atom is -1.00 e. The lowest BCUT2D eigenvalue weighted by Gasteiger charge is -2.31. The molecule has 0 atom stereocenters. The van der Waals surface area contributed by atoms with Gasteiger partial charge in [0.25, 0.3) is 0 Å². The van der Waals surface area contributed by atoms with Gasteiger partial charge in [-0.3, -0.25) is 0 Å². The van der Waals surface area contributed by atoms with Crippen LogP contribution in [0.5, 0.6) is 0 Å². The van der Waals surface area contributed by atoms with Crippen molar-refractivity contribution in [3.63, 3.8) is 0 Å². The van der Waals surface area contributed by atoms with Crippen LogP contribution in [0.2, 0.25) is 18.1 Å². The summed E-state index contributed by atoms with van der Waals surface area (Å²) >= 11 is 16.9. The predicted octanol–water partition coefficient (Wildman–Crippen LogP) is 2.37. The molecule has 366 valence electrons. The summed E-state index contributed by atoms with van der Waals surface area (Å²) in [7, 11) is 13.2. The fourth-order valence-corrected chi connectivity index (χ4v) is 9.52. The van der Waals surface area contributed by atoms with Crippen LogP contribution in [-0.2, 0) is 59.9 Å². The topological polar surface area (TPSA) is 174 Å². The summed E-state index contributed by atoms with van der Waals surface area (Å²) in [6.45, 7) is 24.3. The molecule has 0 aliphatic carbocycles. The van der Waals surface area contributed by atoms with Gasteiger partial charge in [-0.15, -0.1) is 33.2 Å². The molecule has 16 nitrogen and oxygen atoms in total. The van der Waals surface area contributed by atoms with Crippen molar-refractivity contribution in [1.29, 1.82) is 0 Å². The zero-order valence-electron chi connectivity index (χ0n) is 39.6. The lowest BCUT2D eigenvalue weighted by molar-refractivity contribution is -0.890. The number of carboxylic acids is 1. The molecule has 0 bridgehead atoms. The van der Waals surface area contributed by atoms with Gasteiger partial charge in [0.15, 0.2) is 0 Å². The van der Waals surface area contributed by atoms with Crippen molar-refractivity contribution >= 4 is 80.7 Å². The largest absolute Gasteiger partial charge is 1.00 e. The number of carboxylic acid groups (broad SMARTS) is 1. The number of hydrogen-bond donors (Lipinski definition) is 0. The molecule has 0 aliphatic heterocycles. The first kappa shape index (κ1) is 69.4. The Hall–Kier alpha value is -1.67. The van der Waals surface area contributed by atoms with Crippen molar-refractivity contribution in [3.05, 3.63) is 48.6 Å². The Kier molecular flexibility index (Phi) is 40.9. The lowest BCUT2D eigenvalue weighted by atomic mass is 10.3. The number of hydrogen-bond acceptors (Lipinski definition) is 14. The van der Waals surface area contributed by atoms with Crippen LogP contribution < -0.4 is 17.5 Å². The van der Waals surface area contributed by atoms with Crippen LogP contribution >= 0.6 is 33.2 Å². The standard InChI is InChI=1S/2C14H30NO5Si.C7H11Cl3O2Si.C4H6O2.ClH/c2*1-13(2)14(16)20-11-10-15(3,4)9-8-12-21(17-5,18-6)19-7;1-6(2)7(11)12-4-3-5-13(8,9)10;1-3(2)4(5)6;/h2*1,8-12H2,2-7H3;1,3-5H2,2H3;1H2,2H3,(H,5,6);1H/q2*+1;;;/p-2. The summed E-state index contributed by atoms with van der Waals surface area (Å²) in [5.74, 6) is -2.25. The molecule has 0 unspecified atom stereocenters. The summed E-state index contributed by atoms with van der Waals surface area (Å²) in [5, 5.41) is 9.49. The molecule has 0 aliphatic rings. The van der Waals surface area contributed by atoms with Crippen LogP contribution in [0.25, 0.3) is 0 Å². The molecule has 0 saturated carbocycles. The normalized spacial score (nSPS) is 11.4. The van der Waals surface area contributed by atoms with Crippen molar-refractivity contribution in [3.8, 4) is 0 Å². The number of likely N-dealkylation sites (N-methyl/N-ethyl adjacent to an activating group) is 2. The second-order valence-corrected chi connectivity index (χ2v) is 30.6. The average Bonchev–Trinajstić information content (AvgIpc) is 3.17. The molecule has 62 heavy (non-hydrogen) atoms. The maximum Gasteiger partial charge on any atom is 0.500 e. The molecule has 0 fully saturated rings. The van der Waals surface area contributed by atoms with Gasteiger partial charge in [-0.05, 0) is 45.7 Å². The van der Waals surface area contributed by atoms with Gasteiger partial charge < -0.3 is 72.0 Å². The fourth-order valence-electron chi connectivity index (χ4n) is 4.36. The second kappa shape index (κ2) is 36.5. The van der Waals surface area contributed by atoms with E-state index in [2.05, 4.69) is 54.5 Å². The quantitative estimate of drug-likeness (QED) is 0.0213. The van der Waals surface area contributed by atoms with E-state index in [4.69, 9.17) is 74.0 Å². The van der Waals surface area contributed by atoms with E-state index in [1.165, 1.54) is 6.92 Å². The van der Waals surface area contributed by atoms with E-state index in [9.17, 15) is 24.3 Å². The highest BCUT2D eigenvalue weighted by molar-refractivity contribution is 7.64. The number of rotatable bonds is 28. The Bertz CT molecular complexity index is 1270. The number of carbonyl (C=O) groups is 4. The number of ether oxygens (including phenoxy) is 3. The van der Waals surface area contributed by atoms with Crippen LogP contribution in [0.4, 0.5) is 0 Å². The van der Waals surface area contributed by atoms with Crippen molar-refractivity contribution in [1.82, 2.24) is 0 Å². The Labute approximate surface area is 395 Å². The van der Waals surface area contributed by atoms with Gasteiger partial charge in [-0.2, -0.15) is 0 Å². The third kappa shape index (κ3) is 38.8. The third-order valence-corrected chi connectivity index (χ3v) is 16.7. The van der Waals surface area contributed by atoms with Gasteiger partial charge in [-0.1, -0.05) is 26.3 Å². The highest BCUT2D eigenvalue weighted by atomic mass is 35.8. The molecule has 0 spiro atoms. The smallest absolute Gasteiger partial charge is 0.500 e. The SMILES string of the molecule is C=C(C)C(=O)OCCC[Si](Cl)(Cl)Cl.C=C(C)C(=O)OCC[N+](C)(C)CCC[Si](OC)(OC)OC.C=C(C)C(=O)OCC[N+](C)(C)CCC[Si](OC)(OC)OC.C=C(C)C(=O)[O-].[Cl-]. The predicted molar refractivity (Wildman–Crippen MR) is 246 cm³/mol. The van der Waals surface area contributed by atoms with Gasteiger partial charge in [0.05, 0.1) is 53.9 Å². The number of quaternary nitrogens is 2. The molecule has 0 amide bonds. The Morgan fingerprint density at radius 2 is 0.742 bits per heavy atom. The molecule has 0 aromatic rings. The van der Waals surface area contributed by atoms with E-state index in [1.807, 2.05) is 0 Å². The summed E-state index contributed by atoms with van der Waals surface area (Å²) < 4.78 is 49.0. The first-order chi connectivity index (χ1) is 27.9. The number of nitrogens with zero attached hydrogens (tertiary/aromatic N) is 2. The average molecular weight is 1020 g/mol. The summed E-state index contributed by atoms with van der Waals surface area (Å²) in [5.41, 5.74) is 1.30. The first-order valence-corrected chi connectivity index (χ1v) is 28.4. The van der Waals surface area contributed by atoms with Gasteiger partial charge in [0.2, 0.25) is 0 Å². The maximum atomic E-state index is 11.3. The zero-order valence-corrected chi connectivity index (χ0v) is 45.7. The van der Waals surface area contributed by atoms with E-state index in [-0.39, 0.29) is 36.5 Å². The zero-order chi connectivity index (χ0) is 48.7. The molecule has 23 heteroatoms. The molecule has 0 rings (SSSR count). The molecule has 0 N–H and O–H groups in total. The Morgan fingerprint density at radius 1 is 0.484 bits per heavy atom. The maximum absolute atomic E-state index is 11.3. The van der Waals surface area contributed by atoms with Crippen LogP contribution in [0.3, 0.4) is 0 Å². The van der Waals surface area contributed by atoms with Gasteiger partial charge in [-0.25, -0.2) is 14.4 Å². The third-order valence-electron chi connectivity index (χ3n) is 8.45. The number of aliphatic carboxylic acids is 1. The van der Waals surface area contributed by atoms with Crippen LogP contribution in [-0.4, -0.2) is 173 Å². The van der Waals surface area contributed by atoms with E-state index < -0.39 is 35.6 Å². The number of esters is 3. The summed E-state index contributed by atoms with van der Waals surface area (Å²) in [4.78, 5) is 43.0. The molecule has 0 aromatic carbocycles. The van der Waals surface area contributed by atoms with Gasteiger partial charge >= 0.3 is 41.5 Å². The molecule has 0 aromatic heterocycles. The molecule has 0 radical (unpaired) electrons. The van der Waals surface area contributed by atoms with Crippen molar-refractivity contribution < 1.29 is 86.4 Å². The minimum atomic E-state index is -2.55. The van der Waals surface area contributed by atoms with Crippen molar-refractivity contribution in [2.75, 3.05) is 117 Å². The highest BCUT2D eigenvalue weighted by Crippen LogP contribution is 2.26. The summed E-state index contributed by atoms with van der Waals surface area (Å²) in [6, 6.07) is -0.517. The summed E-state index contributed by atoms with van der Waals surface area (Å²) in [6.07, 6.45) is 2.42. The van der Waals surface area contributed by atoms with E-state index >= 15 is 0 Å². The van der Waals surface area contributed by atoms with E-state index in [0.29, 0.717) is 42.4 Å². The van der Waals surface area contributed by atoms with Crippen LogP contribution in [0.15, 0.2) is 48.6 Å². The number of carbonyl (C=O) groups excluding carboxylic acids is 4. The fraction of sp³-hybridized carbons (Fsp3) is 0.692. The van der Waals surface area contributed by atoms with E-state index in [1.54, 1.807) is 63.4 Å². The molecular weight excluding hydrogens is 946 g/mol. The van der Waals surface area contributed by atoms with Crippen molar-refractivity contribution in [2.24, 2.45) is 0 Å². The molecule has 0 saturated heterocycles. The monoisotopic (exact) mass is 1020 g/mol. The number of halogens is 4.